The predicted octanol–water partition coefficient (Wildman–Crippen LogP) is 0.766. The van der Waals surface area contributed by atoms with E-state index in [0.717, 1.165) is 19.1 Å². The Morgan fingerprint density at radius 1 is 1.50 bits per heavy atom. The van der Waals surface area contributed by atoms with E-state index in [4.69, 9.17) is 0 Å². The van der Waals surface area contributed by atoms with E-state index in [1.807, 2.05) is 0 Å². The molecule has 1 heterocycles. The van der Waals surface area contributed by atoms with Crippen molar-refractivity contribution in [2.45, 2.75) is 13.0 Å². The fourth-order valence-electron chi connectivity index (χ4n) is 1.09. The van der Waals surface area contributed by atoms with Gasteiger partial charge in [-0.15, -0.1) is 0 Å². The van der Waals surface area contributed by atoms with Crippen molar-refractivity contribution in [3.8, 4) is 0 Å². The van der Waals surface area contributed by atoms with Crippen molar-refractivity contribution < 1.29 is 0 Å². The standard InChI is InChI=1S/C8H16N2/c1-7(2)10-5-8(6-10)9(3)4/h8H,1,5-6H2,2-4H3. The third kappa shape index (κ3) is 1.32. The van der Waals surface area contributed by atoms with Crippen molar-refractivity contribution in [2.75, 3.05) is 27.2 Å². The highest BCUT2D eigenvalue weighted by molar-refractivity contribution is 4.99. The Hall–Kier alpha value is -0.500. The Bertz CT molecular complexity index is 134. The van der Waals surface area contributed by atoms with Crippen molar-refractivity contribution in [2.24, 2.45) is 0 Å². The van der Waals surface area contributed by atoms with Gasteiger partial charge in [0.1, 0.15) is 0 Å². The molecule has 0 atom stereocenters. The van der Waals surface area contributed by atoms with E-state index in [-0.39, 0.29) is 0 Å². The third-order valence-corrected chi connectivity index (χ3v) is 2.13. The van der Waals surface area contributed by atoms with Crippen molar-refractivity contribution >= 4 is 0 Å². The van der Waals surface area contributed by atoms with Gasteiger partial charge in [-0.05, 0) is 21.0 Å². The molecule has 0 bridgehead atoms. The smallest absolute Gasteiger partial charge is 0.0440 e. The monoisotopic (exact) mass is 140 g/mol. The van der Waals surface area contributed by atoms with Gasteiger partial charge in [0.2, 0.25) is 0 Å². The maximum Gasteiger partial charge on any atom is 0.0440 e. The number of rotatable bonds is 2. The maximum atomic E-state index is 3.88. The van der Waals surface area contributed by atoms with Crippen LogP contribution in [-0.2, 0) is 0 Å². The molecule has 0 saturated carbocycles. The molecule has 2 nitrogen and oxygen atoms in total. The van der Waals surface area contributed by atoms with Crippen LogP contribution in [0.5, 0.6) is 0 Å². The molecule has 2 heteroatoms. The van der Waals surface area contributed by atoms with Crippen LogP contribution in [0, 0.1) is 0 Å². The maximum absolute atomic E-state index is 3.88. The first-order valence-corrected chi connectivity index (χ1v) is 3.68. The molecule has 0 aromatic carbocycles. The van der Waals surface area contributed by atoms with Crippen LogP contribution < -0.4 is 0 Å². The molecule has 0 aromatic rings. The van der Waals surface area contributed by atoms with E-state index in [1.165, 1.54) is 5.70 Å². The normalized spacial score (nSPS) is 19.4. The summed E-state index contributed by atoms with van der Waals surface area (Å²) in [5.41, 5.74) is 1.19. The van der Waals surface area contributed by atoms with E-state index < -0.39 is 0 Å². The zero-order valence-corrected chi connectivity index (χ0v) is 7.09. The first-order valence-electron chi connectivity index (χ1n) is 3.68. The number of hydrogen-bond donors (Lipinski definition) is 0. The second kappa shape index (κ2) is 2.62. The van der Waals surface area contributed by atoms with Crippen LogP contribution in [-0.4, -0.2) is 43.0 Å². The molecule has 0 N–H and O–H groups in total. The Balaban J connectivity index is 2.24. The second-order valence-corrected chi connectivity index (χ2v) is 3.26. The van der Waals surface area contributed by atoms with Crippen LogP contribution in [0.25, 0.3) is 0 Å². The Morgan fingerprint density at radius 3 is 2.30 bits per heavy atom. The zero-order chi connectivity index (χ0) is 7.72. The number of likely N-dealkylation sites (tertiary alicyclic amines) is 1. The highest BCUT2D eigenvalue weighted by atomic mass is 15.3. The molecule has 0 amide bonds. The molecule has 0 unspecified atom stereocenters. The van der Waals surface area contributed by atoms with E-state index in [2.05, 4.69) is 37.4 Å². The summed E-state index contributed by atoms with van der Waals surface area (Å²) in [7, 11) is 4.25. The zero-order valence-electron chi connectivity index (χ0n) is 7.09. The lowest BCUT2D eigenvalue weighted by molar-refractivity contribution is 0.0948. The molecule has 1 aliphatic rings. The lowest BCUT2D eigenvalue weighted by Gasteiger charge is -2.44. The molecule has 1 fully saturated rings. The average Bonchev–Trinajstić information content (AvgIpc) is 1.56. The third-order valence-electron chi connectivity index (χ3n) is 2.13. The molecule has 0 spiro atoms. The molecule has 0 aromatic heterocycles. The molecule has 58 valence electrons. The van der Waals surface area contributed by atoms with Crippen molar-refractivity contribution in [3.63, 3.8) is 0 Å². The van der Waals surface area contributed by atoms with Crippen LogP contribution in [0.4, 0.5) is 0 Å². The van der Waals surface area contributed by atoms with Crippen LogP contribution >= 0.6 is 0 Å². The molecule has 1 saturated heterocycles. The van der Waals surface area contributed by atoms with Gasteiger partial charge < -0.3 is 9.80 Å². The summed E-state index contributed by atoms with van der Waals surface area (Å²) < 4.78 is 0. The van der Waals surface area contributed by atoms with Gasteiger partial charge in [0, 0.05) is 24.8 Å². The van der Waals surface area contributed by atoms with Gasteiger partial charge in [0.15, 0.2) is 0 Å². The summed E-state index contributed by atoms with van der Waals surface area (Å²) in [4.78, 5) is 4.56. The highest BCUT2D eigenvalue weighted by Crippen LogP contribution is 2.15. The fraction of sp³-hybridized carbons (Fsp3) is 0.750. The topological polar surface area (TPSA) is 6.48 Å². The lowest BCUT2D eigenvalue weighted by atomic mass is 10.1. The van der Waals surface area contributed by atoms with Gasteiger partial charge in [0.05, 0.1) is 0 Å². The van der Waals surface area contributed by atoms with Gasteiger partial charge in [0.25, 0.3) is 0 Å². The molecule has 1 aliphatic heterocycles. The van der Waals surface area contributed by atoms with E-state index in [1.54, 1.807) is 0 Å². The van der Waals surface area contributed by atoms with Crippen molar-refractivity contribution in [3.05, 3.63) is 12.3 Å². The van der Waals surface area contributed by atoms with E-state index in [9.17, 15) is 0 Å². The van der Waals surface area contributed by atoms with Crippen LogP contribution in [0.3, 0.4) is 0 Å². The largest absolute Gasteiger partial charge is 0.372 e. The molecule has 0 radical (unpaired) electrons. The molecule has 1 rings (SSSR count). The highest BCUT2D eigenvalue weighted by Gasteiger charge is 2.27. The van der Waals surface area contributed by atoms with E-state index >= 15 is 0 Å². The Morgan fingerprint density at radius 2 is 2.00 bits per heavy atom. The number of allylic oxidation sites excluding steroid dienone is 1. The summed E-state index contributed by atoms with van der Waals surface area (Å²) in [6.07, 6.45) is 0. The van der Waals surface area contributed by atoms with E-state index in [0.29, 0.717) is 0 Å². The minimum atomic E-state index is 0.747. The summed E-state index contributed by atoms with van der Waals surface area (Å²) in [6, 6.07) is 0.747. The minimum Gasteiger partial charge on any atom is -0.372 e. The minimum absolute atomic E-state index is 0.747. The molecular weight excluding hydrogens is 124 g/mol. The first kappa shape index (κ1) is 7.61. The van der Waals surface area contributed by atoms with Gasteiger partial charge in [-0.25, -0.2) is 0 Å². The number of hydrogen-bond acceptors (Lipinski definition) is 2. The number of likely N-dealkylation sites (N-methyl/N-ethyl adjacent to an activating group) is 1. The SMILES string of the molecule is C=C(C)N1CC(N(C)C)C1. The first-order chi connectivity index (χ1) is 4.61. The number of nitrogens with zero attached hydrogens (tertiary/aromatic N) is 2. The Kier molecular flexibility index (Phi) is 2.00. The summed E-state index contributed by atoms with van der Waals surface area (Å²) >= 11 is 0. The molecule has 0 aliphatic carbocycles. The van der Waals surface area contributed by atoms with Crippen LogP contribution in [0.15, 0.2) is 12.3 Å². The van der Waals surface area contributed by atoms with Gasteiger partial charge in [-0.1, -0.05) is 6.58 Å². The summed E-state index contributed by atoms with van der Waals surface area (Å²) in [5.74, 6) is 0. The lowest BCUT2D eigenvalue weighted by Crippen LogP contribution is -2.56. The predicted molar refractivity (Wildman–Crippen MR) is 43.9 cm³/mol. The second-order valence-electron chi connectivity index (χ2n) is 3.26. The Labute approximate surface area is 63.1 Å². The molecular formula is C8H16N2. The average molecular weight is 140 g/mol. The van der Waals surface area contributed by atoms with Gasteiger partial charge >= 0.3 is 0 Å². The van der Waals surface area contributed by atoms with Gasteiger partial charge in [-0.3, -0.25) is 0 Å². The molecule has 10 heavy (non-hydrogen) atoms. The van der Waals surface area contributed by atoms with Gasteiger partial charge in [-0.2, -0.15) is 0 Å². The quantitative estimate of drug-likeness (QED) is 0.559. The van der Waals surface area contributed by atoms with Crippen molar-refractivity contribution in [1.82, 2.24) is 9.80 Å². The van der Waals surface area contributed by atoms with Crippen LogP contribution in [0.1, 0.15) is 6.92 Å². The van der Waals surface area contributed by atoms with Crippen molar-refractivity contribution in [1.29, 1.82) is 0 Å². The summed E-state index contributed by atoms with van der Waals surface area (Å²) in [5, 5.41) is 0. The summed E-state index contributed by atoms with van der Waals surface area (Å²) in [6.45, 7) is 8.25. The van der Waals surface area contributed by atoms with Crippen LogP contribution in [0.2, 0.25) is 0 Å². The fourth-order valence-corrected chi connectivity index (χ4v) is 1.09.